The van der Waals surface area contributed by atoms with Crippen LogP contribution in [0.4, 0.5) is 0 Å². The molecule has 0 bridgehead atoms. The van der Waals surface area contributed by atoms with Crippen LogP contribution in [0.25, 0.3) is 0 Å². The Balaban J connectivity index is 2.13. The fourth-order valence-electron chi connectivity index (χ4n) is 2.04. The summed E-state index contributed by atoms with van der Waals surface area (Å²) in [6.07, 6.45) is 3.03. The summed E-state index contributed by atoms with van der Waals surface area (Å²) in [5.41, 5.74) is 2.37. The Labute approximate surface area is 110 Å². The van der Waals surface area contributed by atoms with E-state index in [2.05, 4.69) is 19.1 Å². The smallest absolute Gasteiger partial charge is 0.212 e. The molecule has 4 heteroatoms. The maximum absolute atomic E-state index is 12.0. The number of sulfonamides is 1. The van der Waals surface area contributed by atoms with Crippen molar-refractivity contribution in [2.75, 3.05) is 5.75 Å². The molecule has 1 aromatic carbocycles. The molecule has 0 spiro atoms. The topological polar surface area (TPSA) is 37.4 Å². The van der Waals surface area contributed by atoms with Gasteiger partial charge in [0.25, 0.3) is 0 Å². The number of nitrogens with zero attached hydrogens (tertiary/aromatic N) is 1. The number of rotatable bonds is 6. The molecule has 18 heavy (non-hydrogen) atoms. The molecule has 0 unspecified atom stereocenters. The minimum absolute atomic E-state index is 0.191. The van der Waals surface area contributed by atoms with Crippen LogP contribution < -0.4 is 0 Å². The molecule has 0 N–H and O–H groups in total. The van der Waals surface area contributed by atoms with E-state index in [1.807, 2.05) is 12.1 Å². The van der Waals surface area contributed by atoms with Crippen molar-refractivity contribution >= 4 is 10.0 Å². The molecule has 2 rings (SSSR count). The number of benzene rings is 1. The highest BCUT2D eigenvalue weighted by molar-refractivity contribution is 7.89. The molecule has 0 heterocycles. The summed E-state index contributed by atoms with van der Waals surface area (Å²) in [7, 11) is -3.08. The monoisotopic (exact) mass is 267 g/mol. The Morgan fingerprint density at radius 2 is 1.67 bits per heavy atom. The maximum Gasteiger partial charge on any atom is 0.214 e. The van der Waals surface area contributed by atoms with E-state index in [1.165, 1.54) is 5.56 Å². The normalized spacial score (nSPS) is 16.2. The Hall–Kier alpha value is -0.870. The molecule has 1 fully saturated rings. The zero-order valence-corrected chi connectivity index (χ0v) is 11.9. The largest absolute Gasteiger partial charge is 0.214 e. The summed E-state index contributed by atoms with van der Waals surface area (Å²) in [6.45, 7) is 4.35. The van der Waals surface area contributed by atoms with Gasteiger partial charge in [-0.1, -0.05) is 31.2 Å². The van der Waals surface area contributed by atoms with E-state index in [0.717, 1.165) is 24.8 Å². The van der Waals surface area contributed by atoms with Crippen LogP contribution >= 0.6 is 0 Å². The lowest BCUT2D eigenvalue weighted by Crippen LogP contribution is -2.33. The first kappa shape index (κ1) is 13.6. The van der Waals surface area contributed by atoms with Gasteiger partial charge in [-0.15, -0.1) is 0 Å². The molecule has 3 nitrogen and oxygen atoms in total. The van der Waals surface area contributed by atoms with E-state index in [-0.39, 0.29) is 11.8 Å². The number of hydrogen-bond donors (Lipinski definition) is 0. The summed E-state index contributed by atoms with van der Waals surface area (Å²) >= 11 is 0. The summed E-state index contributed by atoms with van der Waals surface area (Å²) < 4.78 is 25.7. The van der Waals surface area contributed by atoms with Crippen molar-refractivity contribution in [3.05, 3.63) is 35.4 Å². The van der Waals surface area contributed by atoms with Gasteiger partial charge in [0.15, 0.2) is 0 Å². The van der Waals surface area contributed by atoms with Gasteiger partial charge in [0.1, 0.15) is 0 Å². The van der Waals surface area contributed by atoms with E-state index >= 15 is 0 Å². The fraction of sp³-hybridized carbons (Fsp3) is 0.571. The lowest BCUT2D eigenvalue weighted by atomic mass is 10.1. The molecular weight excluding hydrogens is 246 g/mol. The van der Waals surface area contributed by atoms with E-state index in [4.69, 9.17) is 0 Å². The van der Waals surface area contributed by atoms with Gasteiger partial charge in [0, 0.05) is 12.6 Å². The quantitative estimate of drug-likeness (QED) is 0.794. The van der Waals surface area contributed by atoms with Gasteiger partial charge in [-0.05, 0) is 37.3 Å². The van der Waals surface area contributed by atoms with E-state index in [1.54, 1.807) is 11.2 Å². The highest BCUT2D eigenvalue weighted by atomic mass is 32.2. The van der Waals surface area contributed by atoms with Crippen LogP contribution in [0.3, 0.4) is 0 Å². The first-order valence-corrected chi connectivity index (χ1v) is 8.25. The van der Waals surface area contributed by atoms with Crippen molar-refractivity contribution in [3.8, 4) is 0 Å². The predicted octanol–water partition coefficient (Wildman–Crippen LogP) is 2.56. The lowest BCUT2D eigenvalue weighted by molar-refractivity contribution is 0.399. The minimum Gasteiger partial charge on any atom is -0.212 e. The van der Waals surface area contributed by atoms with Gasteiger partial charge in [-0.25, -0.2) is 8.42 Å². The van der Waals surface area contributed by atoms with E-state index < -0.39 is 10.0 Å². The summed E-state index contributed by atoms with van der Waals surface area (Å²) in [6, 6.07) is 8.48. The summed E-state index contributed by atoms with van der Waals surface area (Å²) in [4.78, 5) is 0. The molecule has 1 aliphatic carbocycles. The van der Waals surface area contributed by atoms with Crippen molar-refractivity contribution in [2.24, 2.45) is 0 Å². The lowest BCUT2D eigenvalue weighted by Gasteiger charge is -2.21. The van der Waals surface area contributed by atoms with Crippen molar-refractivity contribution < 1.29 is 8.42 Å². The van der Waals surface area contributed by atoms with Crippen molar-refractivity contribution in [3.63, 3.8) is 0 Å². The Morgan fingerprint density at radius 3 is 2.11 bits per heavy atom. The van der Waals surface area contributed by atoms with Gasteiger partial charge in [0.05, 0.1) is 5.75 Å². The van der Waals surface area contributed by atoms with Crippen molar-refractivity contribution in [1.82, 2.24) is 4.31 Å². The molecule has 1 saturated carbocycles. The van der Waals surface area contributed by atoms with Gasteiger partial charge in [-0.2, -0.15) is 4.31 Å². The molecule has 0 amide bonds. The van der Waals surface area contributed by atoms with Gasteiger partial charge >= 0.3 is 0 Å². The van der Waals surface area contributed by atoms with Crippen molar-refractivity contribution in [1.29, 1.82) is 0 Å². The van der Waals surface area contributed by atoms with Gasteiger partial charge < -0.3 is 0 Å². The van der Waals surface area contributed by atoms with E-state index in [0.29, 0.717) is 6.54 Å². The molecule has 0 aromatic heterocycles. The Kier molecular flexibility index (Phi) is 4.07. The Bertz CT molecular complexity index is 489. The van der Waals surface area contributed by atoms with E-state index in [9.17, 15) is 8.42 Å². The van der Waals surface area contributed by atoms with Crippen LogP contribution in [-0.4, -0.2) is 24.5 Å². The van der Waals surface area contributed by atoms with Gasteiger partial charge in [-0.3, -0.25) is 0 Å². The molecule has 0 saturated heterocycles. The Morgan fingerprint density at radius 1 is 1.11 bits per heavy atom. The maximum atomic E-state index is 12.0. The highest BCUT2D eigenvalue weighted by Crippen LogP contribution is 2.31. The second-order valence-corrected chi connectivity index (χ2v) is 7.06. The first-order chi connectivity index (χ1) is 8.56. The predicted molar refractivity (Wildman–Crippen MR) is 73.8 cm³/mol. The second kappa shape index (κ2) is 5.41. The SMILES string of the molecule is CCc1ccc(CN(C2CC2)S(=O)(=O)CC)cc1. The molecule has 100 valence electrons. The third-order valence-electron chi connectivity index (χ3n) is 3.45. The summed E-state index contributed by atoms with van der Waals surface area (Å²) in [5, 5.41) is 0. The van der Waals surface area contributed by atoms with Crippen LogP contribution in [0.5, 0.6) is 0 Å². The molecule has 1 aromatic rings. The van der Waals surface area contributed by atoms with Gasteiger partial charge in [0.2, 0.25) is 10.0 Å². The third kappa shape index (κ3) is 3.12. The standard InChI is InChI=1S/C14H21NO2S/c1-3-12-5-7-13(8-6-12)11-15(14-9-10-14)18(16,17)4-2/h5-8,14H,3-4,9-11H2,1-2H3. The average molecular weight is 267 g/mol. The fourth-order valence-corrected chi connectivity index (χ4v) is 3.39. The van der Waals surface area contributed by atoms with Crippen LogP contribution in [0.1, 0.15) is 37.8 Å². The first-order valence-electron chi connectivity index (χ1n) is 6.64. The molecule has 0 atom stereocenters. The average Bonchev–Trinajstić information content (AvgIpc) is 3.20. The molecule has 1 aliphatic rings. The third-order valence-corrected chi connectivity index (χ3v) is 5.32. The molecule has 0 aliphatic heterocycles. The zero-order valence-electron chi connectivity index (χ0n) is 11.1. The molecular formula is C14H21NO2S. The summed E-state index contributed by atoms with van der Waals surface area (Å²) in [5.74, 6) is 0.191. The second-order valence-electron chi connectivity index (χ2n) is 4.85. The zero-order chi connectivity index (χ0) is 13.2. The van der Waals surface area contributed by atoms with Crippen LogP contribution in [0, 0.1) is 0 Å². The van der Waals surface area contributed by atoms with Crippen LogP contribution in [-0.2, 0) is 23.0 Å². The van der Waals surface area contributed by atoms with Crippen LogP contribution in [0.2, 0.25) is 0 Å². The van der Waals surface area contributed by atoms with Crippen molar-refractivity contribution in [2.45, 2.75) is 45.7 Å². The molecule has 0 radical (unpaired) electrons. The number of hydrogen-bond acceptors (Lipinski definition) is 2. The minimum atomic E-state index is -3.08. The highest BCUT2D eigenvalue weighted by Gasteiger charge is 2.36. The van der Waals surface area contributed by atoms with Crippen LogP contribution in [0.15, 0.2) is 24.3 Å². The number of aryl methyl sites for hydroxylation is 1.